The van der Waals surface area contributed by atoms with E-state index in [1.807, 2.05) is 66.7 Å². The highest BCUT2D eigenvalue weighted by Crippen LogP contribution is 2.34. The van der Waals surface area contributed by atoms with E-state index in [9.17, 15) is 5.26 Å². The SMILES string of the molecule is Cc1ccc(-c2cc(-c3ccccc3)c(C#N)c(-c3ccccc3)n2)cc1. The van der Waals surface area contributed by atoms with Gasteiger partial charge in [-0.3, -0.25) is 0 Å². The first-order valence-corrected chi connectivity index (χ1v) is 8.89. The quantitative estimate of drug-likeness (QED) is 0.439. The van der Waals surface area contributed by atoms with Crippen LogP contribution in [-0.4, -0.2) is 4.98 Å². The third-order valence-electron chi connectivity index (χ3n) is 4.61. The minimum absolute atomic E-state index is 0.600. The molecule has 0 aliphatic rings. The molecule has 2 heteroatoms. The van der Waals surface area contributed by atoms with Crippen LogP contribution in [0, 0.1) is 18.3 Å². The average molecular weight is 346 g/mol. The highest BCUT2D eigenvalue weighted by Gasteiger charge is 2.16. The fraction of sp³-hybridized carbons (Fsp3) is 0.0400. The summed E-state index contributed by atoms with van der Waals surface area (Å²) in [6, 6.07) is 32.7. The van der Waals surface area contributed by atoms with Crippen LogP contribution in [0.4, 0.5) is 0 Å². The number of pyridine rings is 1. The largest absolute Gasteiger partial charge is 0.246 e. The summed E-state index contributed by atoms with van der Waals surface area (Å²) in [4.78, 5) is 4.88. The van der Waals surface area contributed by atoms with Crippen molar-refractivity contribution in [3.8, 4) is 39.7 Å². The molecule has 1 aromatic heterocycles. The van der Waals surface area contributed by atoms with E-state index >= 15 is 0 Å². The summed E-state index contributed by atoms with van der Waals surface area (Å²) < 4.78 is 0. The maximum atomic E-state index is 9.93. The Balaban J connectivity index is 2.02. The molecule has 27 heavy (non-hydrogen) atoms. The van der Waals surface area contributed by atoms with Crippen molar-refractivity contribution in [3.63, 3.8) is 0 Å². The Bertz CT molecular complexity index is 1050. The number of nitriles is 1. The number of hydrogen-bond acceptors (Lipinski definition) is 2. The van der Waals surface area contributed by atoms with Gasteiger partial charge in [0.15, 0.2) is 0 Å². The summed E-state index contributed by atoms with van der Waals surface area (Å²) in [5, 5.41) is 9.93. The molecule has 0 unspecified atom stereocenters. The van der Waals surface area contributed by atoms with Crippen LogP contribution in [0.3, 0.4) is 0 Å². The van der Waals surface area contributed by atoms with Gasteiger partial charge in [0.05, 0.1) is 17.0 Å². The predicted molar refractivity (Wildman–Crippen MR) is 110 cm³/mol. The number of benzene rings is 3. The highest BCUT2D eigenvalue weighted by molar-refractivity contribution is 5.83. The molecule has 128 valence electrons. The van der Waals surface area contributed by atoms with Crippen LogP contribution in [0.2, 0.25) is 0 Å². The monoisotopic (exact) mass is 346 g/mol. The maximum absolute atomic E-state index is 9.93. The molecule has 0 spiro atoms. The zero-order valence-electron chi connectivity index (χ0n) is 15.1. The Morgan fingerprint density at radius 2 is 1.30 bits per heavy atom. The zero-order chi connectivity index (χ0) is 18.6. The van der Waals surface area contributed by atoms with Crippen molar-refractivity contribution < 1.29 is 0 Å². The number of nitrogens with zero attached hydrogens (tertiary/aromatic N) is 2. The minimum atomic E-state index is 0.600. The molecule has 0 radical (unpaired) electrons. The number of hydrogen-bond donors (Lipinski definition) is 0. The van der Waals surface area contributed by atoms with Gasteiger partial charge in [-0.1, -0.05) is 90.5 Å². The third kappa shape index (κ3) is 3.36. The molecule has 0 fully saturated rings. The van der Waals surface area contributed by atoms with Gasteiger partial charge in [0.2, 0.25) is 0 Å². The predicted octanol–water partition coefficient (Wildman–Crippen LogP) is 6.26. The molecule has 4 aromatic rings. The van der Waals surface area contributed by atoms with E-state index in [4.69, 9.17) is 4.98 Å². The summed E-state index contributed by atoms with van der Waals surface area (Å²) in [6.07, 6.45) is 0. The van der Waals surface area contributed by atoms with Gasteiger partial charge >= 0.3 is 0 Å². The van der Waals surface area contributed by atoms with E-state index in [2.05, 4.69) is 37.3 Å². The average Bonchev–Trinajstić information content (AvgIpc) is 2.74. The Kier molecular flexibility index (Phi) is 4.51. The summed E-state index contributed by atoms with van der Waals surface area (Å²) in [7, 11) is 0. The van der Waals surface area contributed by atoms with Crippen molar-refractivity contribution in [2.45, 2.75) is 6.92 Å². The van der Waals surface area contributed by atoms with Crippen LogP contribution in [0.25, 0.3) is 33.6 Å². The third-order valence-corrected chi connectivity index (χ3v) is 4.61. The van der Waals surface area contributed by atoms with E-state index in [0.717, 1.165) is 33.6 Å². The Morgan fingerprint density at radius 1 is 0.704 bits per heavy atom. The summed E-state index contributed by atoms with van der Waals surface area (Å²) in [5.41, 5.74) is 7.30. The molecule has 0 bridgehead atoms. The Morgan fingerprint density at radius 3 is 1.89 bits per heavy atom. The molecular formula is C25H18N2. The molecule has 0 atom stereocenters. The van der Waals surface area contributed by atoms with Crippen molar-refractivity contribution in [1.82, 2.24) is 4.98 Å². The van der Waals surface area contributed by atoms with Gasteiger partial charge in [-0.2, -0.15) is 5.26 Å². The van der Waals surface area contributed by atoms with Crippen LogP contribution >= 0.6 is 0 Å². The molecule has 3 aromatic carbocycles. The van der Waals surface area contributed by atoms with Crippen LogP contribution < -0.4 is 0 Å². The van der Waals surface area contributed by atoms with Crippen LogP contribution in [0.1, 0.15) is 11.1 Å². The molecule has 0 aliphatic carbocycles. The van der Waals surface area contributed by atoms with Crippen LogP contribution in [-0.2, 0) is 0 Å². The molecule has 1 heterocycles. The molecule has 2 nitrogen and oxygen atoms in total. The lowest BCUT2D eigenvalue weighted by atomic mass is 9.94. The molecular weight excluding hydrogens is 328 g/mol. The Labute approximate surface area is 159 Å². The van der Waals surface area contributed by atoms with Crippen LogP contribution in [0.15, 0.2) is 91.0 Å². The second-order valence-electron chi connectivity index (χ2n) is 6.49. The molecule has 0 amide bonds. The summed E-state index contributed by atoms with van der Waals surface area (Å²) in [5.74, 6) is 0. The molecule has 0 saturated carbocycles. The van der Waals surface area contributed by atoms with Crippen molar-refractivity contribution in [3.05, 3.63) is 102 Å². The lowest BCUT2D eigenvalue weighted by Crippen LogP contribution is -1.97. The van der Waals surface area contributed by atoms with Gasteiger partial charge in [-0.25, -0.2) is 4.98 Å². The minimum Gasteiger partial charge on any atom is -0.246 e. The van der Waals surface area contributed by atoms with Gasteiger partial charge in [0, 0.05) is 16.7 Å². The van der Waals surface area contributed by atoms with Gasteiger partial charge in [-0.05, 0) is 18.6 Å². The normalized spacial score (nSPS) is 10.4. The fourth-order valence-corrected chi connectivity index (χ4v) is 3.18. The van der Waals surface area contributed by atoms with Crippen LogP contribution in [0.5, 0.6) is 0 Å². The van der Waals surface area contributed by atoms with Gasteiger partial charge < -0.3 is 0 Å². The lowest BCUT2D eigenvalue weighted by molar-refractivity contribution is 1.30. The lowest BCUT2D eigenvalue weighted by Gasteiger charge is -2.13. The van der Waals surface area contributed by atoms with Crippen molar-refractivity contribution in [1.29, 1.82) is 5.26 Å². The molecule has 0 saturated heterocycles. The zero-order valence-corrected chi connectivity index (χ0v) is 15.1. The van der Waals surface area contributed by atoms with Gasteiger partial charge in [0.25, 0.3) is 0 Å². The fourth-order valence-electron chi connectivity index (χ4n) is 3.18. The first kappa shape index (κ1) is 16.8. The highest BCUT2D eigenvalue weighted by atomic mass is 14.7. The van der Waals surface area contributed by atoms with Gasteiger partial charge in [-0.15, -0.1) is 0 Å². The summed E-state index contributed by atoms with van der Waals surface area (Å²) in [6.45, 7) is 2.07. The first-order chi connectivity index (χ1) is 13.3. The molecule has 0 N–H and O–H groups in total. The van der Waals surface area contributed by atoms with Gasteiger partial charge in [0.1, 0.15) is 6.07 Å². The van der Waals surface area contributed by atoms with E-state index in [1.54, 1.807) is 0 Å². The van der Waals surface area contributed by atoms with E-state index in [-0.39, 0.29) is 0 Å². The van der Waals surface area contributed by atoms with Crippen molar-refractivity contribution in [2.24, 2.45) is 0 Å². The smallest absolute Gasteiger partial charge is 0.102 e. The van der Waals surface area contributed by atoms with Crippen molar-refractivity contribution in [2.75, 3.05) is 0 Å². The molecule has 4 rings (SSSR count). The first-order valence-electron chi connectivity index (χ1n) is 8.89. The van der Waals surface area contributed by atoms with E-state index < -0.39 is 0 Å². The van der Waals surface area contributed by atoms with E-state index in [0.29, 0.717) is 5.56 Å². The number of aryl methyl sites for hydroxylation is 1. The second-order valence-corrected chi connectivity index (χ2v) is 6.49. The maximum Gasteiger partial charge on any atom is 0.102 e. The topological polar surface area (TPSA) is 36.7 Å². The molecule has 0 aliphatic heterocycles. The second kappa shape index (κ2) is 7.27. The number of rotatable bonds is 3. The number of aromatic nitrogens is 1. The summed E-state index contributed by atoms with van der Waals surface area (Å²) >= 11 is 0. The standard InChI is InChI=1S/C25H18N2/c1-18-12-14-20(15-13-18)24-16-22(19-8-4-2-5-9-19)23(17-26)25(27-24)21-10-6-3-7-11-21/h2-16H,1H3. The Hall–Kier alpha value is -3.70. The van der Waals surface area contributed by atoms with Crippen molar-refractivity contribution >= 4 is 0 Å². The van der Waals surface area contributed by atoms with E-state index in [1.165, 1.54) is 5.56 Å².